The summed E-state index contributed by atoms with van der Waals surface area (Å²) in [6.07, 6.45) is 0.215. The third-order valence-corrected chi connectivity index (χ3v) is 6.44. The number of thioether (sulfide) groups is 1. The predicted octanol–water partition coefficient (Wildman–Crippen LogP) is 4.81. The Morgan fingerprint density at radius 3 is 2.52 bits per heavy atom. The maximum atomic E-state index is 13.2. The van der Waals surface area contributed by atoms with Gasteiger partial charge in [-0.1, -0.05) is 39.8 Å². The van der Waals surface area contributed by atoms with Crippen LogP contribution in [0.1, 0.15) is 17.9 Å². The van der Waals surface area contributed by atoms with Crippen molar-refractivity contribution in [2.75, 3.05) is 17.4 Å². The van der Waals surface area contributed by atoms with E-state index in [1.54, 1.807) is 17.0 Å². The lowest BCUT2D eigenvalue weighted by Crippen LogP contribution is -2.47. The molecule has 2 aliphatic heterocycles. The van der Waals surface area contributed by atoms with Crippen molar-refractivity contribution in [2.24, 2.45) is 0 Å². The van der Waals surface area contributed by atoms with Gasteiger partial charge in [-0.3, -0.25) is 9.69 Å². The molecular weight excluding hydrogens is 429 g/mol. The number of hydrogen-bond donors (Lipinski definition) is 0. The highest BCUT2D eigenvalue weighted by molar-refractivity contribution is 9.10. The van der Waals surface area contributed by atoms with Gasteiger partial charge in [0.05, 0.1) is 29.2 Å². The Kier molecular flexibility index (Phi) is 4.94. The van der Waals surface area contributed by atoms with E-state index in [0.717, 1.165) is 20.8 Å². The molecule has 0 bridgehead atoms. The number of allylic oxidation sites excluding steroid dienone is 1. The van der Waals surface area contributed by atoms with Crippen LogP contribution in [0.25, 0.3) is 0 Å². The summed E-state index contributed by atoms with van der Waals surface area (Å²) in [5.41, 5.74) is 2.41. The Morgan fingerprint density at radius 2 is 1.85 bits per heavy atom. The second-order valence-electron chi connectivity index (χ2n) is 6.39. The molecule has 27 heavy (non-hydrogen) atoms. The minimum Gasteiger partial charge on any atom is -0.344 e. The summed E-state index contributed by atoms with van der Waals surface area (Å²) in [7, 11) is 0. The van der Waals surface area contributed by atoms with Crippen LogP contribution in [0.15, 0.2) is 63.6 Å². The van der Waals surface area contributed by atoms with Crippen molar-refractivity contribution < 1.29 is 9.18 Å². The van der Waals surface area contributed by atoms with Gasteiger partial charge in [-0.15, -0.1) is 0 Å². The number of fused-ring (bicyclic) bond motifs is 1. The fourth-order valence-electron chi connectivity index (χ4n) is 3.36. The smallest absolute Gasteiger partial charge is 0.229 e. The van der Waals surface area contributed by atoms with Gasteiger partial charge in [0.1, 0.15) is 5.82 Å². The second kappa shape index (κ2) is 7.37. The SMILES string of the molecule is N#CC1=C2SCN(c3ccc(Br)cc3)CN2C(=O)C[C@H]1c1ccc(F)cc1. The number of carbonyl (C=O) groups excluding carboxylic acids is 1. The molecule has 2 aromatic rings. The molecule has 1 atom stereocenters. The minimum absolute atomic E-state index is 0.0207. The van der Waals surface area contributed by atoms with Crippen LogP contribution >= 0.6 is 27.7 Å². The fraction of sp³-hybridized carbons (Fsp3) is 0.200. The maximum absolute atomic E-state index is 13.2. The zero-order valence-corrected chi connectivity index (χ0v) is 16.6. The van der Waals surface area contributed by atoms with Gasteiger partial charge < -0.3 is 4.90 Å². The molecule has 1 fully saturated rings. The van der Waals surface area contributed by atoms with Gasteiger partial charge in [0, 0.05) is 22.5 Å². The van der Waals surface area contributed by atoms with Gasteiger partial charge in [0.15, 0.2) is 0 Å². The largest absolute Gasteiger partial charge is 0.344 e. The summed E-state index contributed by atoms with van der Waals surface area (Å²) < 4.78 is 14.2. The molecule has 0 aromatic heterocycles. The van der Waals surface area contributed by atoms with Crippen molar-refractivity contribution in [2.45, 2.75) is 12.3 Å². The number of rotatable bonds is 2. The molecule has 1 saturated heterocycles. The van der Waals surface area contributed by atoms with Crippen LogP contribution in [-0.2, 0) is 4.79 Å². The average molecular weight is 444 g/mol. The summed E-state index contributed by atoms with van der Waals surface area (Å²) in [4.78, 5) is 16.6. The predicted molar refractivity (Wildman–Crippen MR) is 107 cm³/mol. The van der Waals surface area contributed by atoms with Crippen LogP contribution in [0.2, 0.25) is 0 Å². The van der Waals surface area contributed by atoms with Crippen LogP contribution < -0.4 is 4.90 Å². The molecule has 2 aliphatic rings. The molecule has 0 N–H and O–H groups in total. The topological polar surface area (TPSA) is 47.3 Å². The number of nitrogens with zero attached hydrogens (tertiary/aromatic N) is 3. The monoisotopic (exact) mass is 443 g/mol. The zero-order chi connectivity index (χ0) is 19.0. The molecule has 2 aromatic carbocycles. The van der Waals surface area contributed by atoms with Gasteiger partial charge in [-0.2, -0.15) is 5.26 Å². The zero-order valence-electron chi connectivity index (χ0n) is 14.2. The second-order valence-corrected chi connectivity index (χ2v) is 8.24. The quantitative estimate of drug-likeness (QED) is 0.667. The molecule has 0 spiro atoms. The molecule has 0 radical (unpaired) electrons. The molecule has 136 valence electrons. The van der Waals surface area contributed by atoms with Gasteiger partial charge >= 0.3 is 0 Å². The summed E-state index contributed by atoms with van der Waals surface area (Å²) in [5.74, 6) is -0.0122. The van der Waals surface area contributed by atoms with Crippen molar-refractivity contribution in [3.8, 4) is 6.07 Å². The van der Waals surface area contributed by atoms with E-state index in [9.17, 15) is 14.4 Å². The summed E-state index contributed by atoms with van der Waals surface area (Å²) in [5, 5.41) is 10.5. The van der Waals surface area contributed by atoms with Crippen molar-refractivity contribution >= 4 is 39.3 Å². The van der Waals surface area contributed by atoms with Crippen LogP contribution in [-0.4, -0.2) is 23.4 Å². The molecule has 1 amide bonds. The molecule has 2 heterocycles. The number of anilines is 1. The van der Waals surface area contributed by atoms with E-state index in [-0.39, 0.29) is 24.1 Å². The molecule has 0 aliphatic carbocycles. The van der Waals surface area contributed by atoms with Crippen molar-refractivity contribution in [3.05, 3.63) is 75.0 Å². The van der Waals surface area contributed by atoms with Crippen LogP contribution in [0.5, 0.6) is 0 Å². The van der Waals surface area contributed by atoms with E-state index >= 15 is 0 Å². The first kappa shape index (κ1) is 18.1. The molecule has 0 unspecified atom stereocenters. The van der Waals surface area contributed by atoms with Gasteiger partial charge in [0.2, 0.25) is 5.91 Å². The Hall–Kier alpha value is -2.30. The van der Waals surface area contributed by atoms with E-state index in [4.69, 9.17) is 0 Å². The first-order chi connectivity index (χ1) is 13.1. The van der Waals surface area contributed by atoms with Crippen molar-refractivity contribution in [3.63, 3.8) is 0 Å². The van der Waals surface area contributed by atoms with Crippen molar-refractivity contribution in [1.82, 2.24) is 4.90 Å². The third kappa shape index (κ3) is 3.47. The maximum Gasteiger partial charge on any atom is 0.229 e. The number of nitriles is 1. The Balaban J connectivity index is 1.65. The van der Waals surface area contributed by atoms with Gasteiger partial charge in [-0.25, -0.2) is 4.39 Å². The summed E-state index contributed by atoms with van der Waals surface area (Å²) >= 11 is 4.92. The van der Waals surface area contributed by atoms with E-state index in [0.29, 0.717) is 18.1 Å². The minimum atomic E-state index is -0.328. The van der Waals surface area contributed by atoms with Crippen molar-refractivity contribution in [1.29, 1.82) is 5.26 Å². The van der Waals surface area contributed by atoms with E-state index in [1.165, 1.54) is 23.9 Å². The van der Waals surface area contributed by atoms with Gasteiger partial charge in [-0.05, 0) is 42.0 Å². The Morgan fingerprint density at radius 1 is 1.15 bits per heavy atom. The summed E-state index contributed by atoms with van der Waals surface area (Å²) in [6, 6.07) is 16.3. The van der Waals surface area contributed by atoms with Crippen LogP contribution in [0.3, 0.4) is 0 Å². The van der Waals surface area contributed by atoms with Crippen LogP contribution in [0.4, 0.5) is 10.1 Å². The van der Waals surface area contributed by atoms with Gasteiger partial charge in [0.25, 0.3) is 0 Å². The number of halogens is 2. The van der Waals surface area contributed by atoms with E-state index in [2.05, 4.69) is 26.9 Å². The highest BCUT2D eigenvalue weighted by Crippen LogP contribution is 2.43. The lowest BCUT2D eigenvalue weighted by atomic mass is 9.86. The molecular formula is C20H15BrFN3OS. The number of carbonyl (C=O) groups is 1. The first-order valence-corrected chi connectivity index (χ1v) is 10.2. The Bertz CT molecular complexity index is 953. The van der Waals surface area contributed by atoms with E-state index in [1.807, 2.05) is 24.3 Å². The highest BCUT2D eigenvalue weighted by atomic mass is 79.9. The number of benzene rings is 2. The number of hydrogen-bond acceptors (Lipinski definition) is 4. The molecule has 7 heteroatoms. The molecule has 4 nitrogen and oxygen atoms in total. The van der Waals surface area contributed by atoms with E-state index < -0.39 is 0 Å². The lowest BCUT2D eigenvalue weighted by molar-refractivity contribution is -0.129. The Labute approximate surface area is 169 Å². The fourth-order valence-corrected chi connectivity index (χ4v) is 4.79. The standard InChI is InChI=1S/C20H15BrFN3OS/c21-14-3-7-16(8-4-14)24-11-25-19(26)9-17(13-1-5-15(22)6-2-13)18(10-23)20(25)27-12-24/h1-8,17H,9,11-12H2/t17-/m0/s1. The summed E-state index contributed by atoms with van der Waals surface area (Å²) in [6.45, 7) is 0.421. The normalized spacial score (nSPS) is 19.7. The number of amides is 1. The van der Waals surface area contributed by atoms with Crippen LogP contribution in [0, 0.1) is 17.1 Å². The first-order valence-electron chi connectivity index (χ1n) is 8.40. The highest BCUT2D eigenvalue weighted by Gasteiger charge is 2.38. The molecule has 0 saturated carbocycles. The lowest BCUT2D eigenvalue weighted by Gasteiger charge is -2.42. The average Bonchev–Trinajstić information content (AvgIpc) is 2.69. The third-order valence-electron chi connectivity index (χ3n) is 4.76. The molecule has 4 rings (SSSR count).